The molecule has 2 N–H and O–H groups in total. The van der Waals surface area contributed by atoms with Gasteiger partial charge in [-0.3, -0.25) is 4.79 Å². The van der Waals surface area contributed by atoms with Gasteiger partial charge in [-0.15, -0.1) is 0 Å². The zero-order valence-electron chi connectivity index (χ0n) is 16.4. The Balaban J connectivity index is 1.33. The van der Waals surface area contributed by atoms with Crippen molar-refractivity contribution in [3.05, 3.63) is 24.2 Å². The molecule has 0 aromatic carbocycles. The van der Waals surface area contributed by atoms with Gasteiger partial charge in [0.2, 0.25) is 5.91 Å². The summed E-state index contributed by atoms with van der Waals surface area (Å²) < 4.78 is 5.33. The monoisotopic (exact) mass is 375 g/mol. The molecule has 2 heterocycles. The fraction of sp³-hybridized carbons (Fsp3) is 0.714. The van der Waals surface area contributed by atoms with Crippen molar-refractivity contribution in [2.45, 2.75) is 76.8 Å². The van der Waals surface area contributed by atoms with E-state index in [2.05, 4.69) is 10.6 Å². The van der Waals surface area contributed by atoms with E-state index in [0.717, 1.165) is 44.5 Å². The van der Waals surface area contributed by atoms with E-state index >= 15 is 0 Å². The van der Waals surface area contributed by atoms with Gasteiger partial charge in [-0.2, -0.15) is 0 Å². The molecule has 1 aliphatic carbocycles. The Bertz CT molecular complexity index is 588. The zero-order valence-corrected chi connectivity index (χ0v) is 16.4. The minimum Gasteiger partial charge on any atom is -0.469 e. The molecular formula is C21H33N3O3. The fourth-order valence-electron chi connectivity index (χ4n) is 4.23. The quantitative estimate of drug-likeness (QED) is 0.799. The van der Waals surface area contributed by atoms with Crippen LogP contribution in [0.3, 0.4) is 0 Å². The molecule has 1 atom stereocenters. The number of amides is 3. The topological polar surface area (TPSA) is 74.6 Å². The maximum Gasteiger partial charge on any atom is 0.317 e. The molecule has 2 aliphatic rings. The maximum atomic E-state index is 12.4. The Morgan fingerprint density at radius 2 is 1.93 bits per heavy atom. The van der Waals surface area contributed by atoms with Gasteiger partial charge in [0.05, 0.1) is 6.26 Å². The number of hydrogen-bond donors (Lipinski definition) is 2. The zero-order chi connectivity index (χ0) is 19.1. The van der Waals surface area contributed by atoms with Crippen LogP contribution in [0.1, 0.15) is 64.1 Å². The number of urea groups is 1. The lowest BCUT2D eigenvalue weighted by atomic mass is 9.93. The first-order valence-electron chi connectivity index (χ1n) is 10.5. The van der Waals surface area contributed by atoms with Gasteiger partial charge in [-0.05, 0) is 50.7 Å². The average Bonchev–Trinajstić information content (AvgIpc) is 3.15. The number of nitrogens with one attached hydrogen (secondary N) is 2. The van der Waals surface area contributed by atoms with Gasteiger partial charge in [-0.25, -0.2) is 4.79 Å². The number of furan rings is 1. The van der Waals surface area contributed by atoms with E-state index in [-0.39, 0.29) is 18.0 Å². The first kappa shape index (κ1) is 19.8. The van der Waals surface area contributed by atoms with E-state index in [1.807, 2.05) is 24.0 Å². The number of nitrogens with zero attached hydrogens (tertiary/aromatic N) is 1. The van der Waals surface area contributed by atoms with Crippen LogP contribution in [0.15, 0.2) is 22.8 Å². The van der Waals surface area contributed by atoms with E-state index in [1.165, 1.54) is 19.3 Å². The molecule has 0 radical (unpaired) electrons. The summed E-state index contributed by atoms with van der Waals surface area (Å²) in [5, 5.41) is 6.25. The van der Waals surface area contributed by atoms with Gasteiger partial charge < -0.3 is 20.0 Å². The highest BCUT2D eigenvalue weighted by Crippen LogP contribution is 2.22. The molecule has 0 bridgehead atoms. The van der Waals surface area contributed by atoms with Crippen LogP contribution in [0.2, 0.25) is 0 Å². The molecule has 6 heteroatoms. The molecule has 1 unspecified atom stereocenters. The van der Waals surface area contributed by atoms with Crippen molar-refractivity contribution in [2.75, 3.05) is 13.1 Å². The lowest BCUT2D eigenvalue weighted by molar-refractivity contribution is -0.122. The van der Waals surface area contributed by atoms with Gasteiger partial charge in [0.1, 0.15) is 5.76 Å². The standard InChI is InChI=1S/C21H33N3O3/c1-16(14-19-8-5-13-27-19)22-20(25)15-17-9-11-24(12-10-17)21(26)23-18-6-3-2-4-7-18/h5,8,13,16-18H,2-4,6-7,9-12,14-15H2,1H3,(H,22,25)(H,23,26). The van der Waals surface area contributed by atoms with E-state index in [1.54, 1.807) is 6.26 Å². The molecule has 1 saturated heterocycles. The summed E-state index contributed by atoms with van der Waals surface area (Å²) in [5.74, 6) is 1.35. The summed E-state index contributed by atoms with van der Waals surface area (Å²) in [7, 11) is 0. The summed E-state index contributed by atoms with van der Waals surface area (Å²) in [6, 6.07) is 4.28. The highest BCUT2D eigenvalue weighted by atomic mass is 16.3. The summed E-state index contributed by atoms with van der Waals surface area (Å²) in [4.78, 5) is 26.6. The van der Waals surface area contributed by atoms with Crippen molar-refractivity contribution in [1.29, 1.82) is 0 Å². The molecule has 150 valence electrons. The van der Waals surface area contributed by atoms with Gasteiger partial charge in [0.15, 0.2) is 0 Å². The van der Waals surface area contributed by atoms with Crippen molar-refractivity contribution in [3.63, 3.8) is 0 Å². The number of carbonyl (C=O) groups excluding carboxylic acids is 2. The molecule has 6 nitrogen and oxygen atoms in total. The highest BCUT2D eigenvalue weighted by Gasteiger charge is 2.26. The third-order valence-electron chi connectivity index (χ3n) is 5.80. The molecule has 3 amide bonds. The second-order valence-corrected chi connectivity index (χ2v) is 8.17. The largest absolute Gasteiger partial charge is 0.469 e. The number of carbonyl (C=O) groups is 2. The summed E-state index contributed by atoms with van der Waals surface area (Å²) in [6.45, 7) is 3.50. The van der Waals surface area contributed by atoms with E-state index in [4.69, 9.17) is 4.42 Å². The molecule has 1 aromatic heterocycles. The summed E-state index contributed by atoms with van der Waals surface area (Å²) >= 11 is 0. The van der Waals surface area contributed by atoms with Gasteiger partial charge in [0.25, 0.3) is 0 Å². The first-order chi connectivity index (χ1) is 13.1. The van der Waals surface area contributed by atoms with Crippen LogP contribution < -0.4 is 10.6 Å². The van der Waals surface area contributed by atoms with Gasteiger partial charge in [-0.1, -0.05) is 19.3 Å². The molecule has 0 spiro atoms. The summed E-state index contributed by atoms with van der Waals surface area (Å²) in [6.07, 6.45) is 10.7. The highest BCUT2D eigenvalue weighted by molar-refractivity contribution is 5.77. The van der Waals surface area contributed by atoms with Crippen molar-refractivity contribution < 1.29 is 14.0 Å². The SMILES string of the molecule is CC(Cc1ccco1)NC(=O)CC1CCN(C(=O)NC2CCCCC2)CC1. The van der Waals surface area contributed by atoms with Gasteiger partial charge >= 0.3 is 6.03 Å². The Kier molecular flexibility index (Phi) is 7.18. The van der Waals surface area contributed by atoms with Crippen LogP contribution in [0.5, 0.6) is 0 Å². The average molecular weight is 376 g/mol. The van der Waals surface area contributed by atoms with Crippen LogP contribution in [-0.2, 0) is 11.2 Å². The molecule has 1 aliphatic heterocycles. The van der Waals surface area contributed by atoms with Crippen molar-refractivity contribution in [3.8, 4) is 0 Å². The van der Waals surface area contributed by atoms with E-state index in [9.17, 15) is 9.59 Å². The second-order valence-electron chi connectivity index (χ2n) is 8.17. The molecule has 1 saturated carbocycles. The minimum atomic E-state index is 0.0602. The molecule has 1 aromatic rings. The fourth-order valence-corrected chi connectivity index (χ4v) is 4.23. The number of likely N-dealkylation sites (tertiary alicyclic amines) is 1. The van der Waals surface area contributed by atoms with E-state index < -0.39 is 0 Å². The first-order valence-corrected chi connectivity index (χ1v) is 10.5. The number of piperidine rings is 1. The van der Waals surface area contributed by atoms with E-state index in [0.29, 0.717) is 24.8 Å². The Morgan fingerprint density at radius 3 is 2.59 bits per heavy atom. The van der Waals surface area contributed by atoms with Crippen molar-refractivity contribution >= 4 is 11.9 Å². The van der Waals surface area contributed by atoms with Crippen LogP contribution >= 0.6 is 0 Å². The predicted molar refractivity (Wildman–Crippen MR) is 104 cm³/mol. The van der Waals surface area contributed by atoms with Crippen LogP contribution in [-0.4, -0.2) is 42.0 Å². The Morgan fingerprint density at radius 1 is 1.19 bits per heavy atom. The minimum absolute atomic E-state index is 0.0602. The summed E-state index contributed by atoms with van der Waals surface area (Å²) in [5.41, 5.74) is 0. The van der Waals surface area contributed by atoms with Crippen molar-refractivity contribution in [1.82, 2.24) is 15.5 Å². The number of hydrogen-bond acceptors (Lipinski definition) is 3. The third-order valence-corrected chi connectivity index (χ3v) is 5.80. The normalized spacial score (nSPS) is 20.3. The Labute approximate surface area is 162 Å². The number of rotatable bonds is 6. The lowest BCUT2D eigenvalue weighted by Crippen LogP contribution is -2.48. The second kappa shape index (κ2) is 9.81. The third kappa shape index (κ3) is 6.29. The predicted octanol–water partition coefficient (Wildman–Crippen LogP) is 3.47. The molecule has 3 rings (SSSR count). The molecular weight excluding hydrogens is 342 g/mol. The van der Waals surface area contributed by atoms with Crippen LogP contribution in [0.25, 0.3) is 0 Å². The Hall–Kier alpha value is -1.98. The van der Waals surface area contributed by atoms with Crippen LogP contribution in [0.4, 0.5) is 4.79 Å². The lowest BCUT2D eigenvalue weighted by Gasteiger charge is -2.34. The molecule has 2 fully saturated rings. The maximum absolute atomic E-state index is 12.4. The smallest absolute Gasteiger partial charge is 0.317 e. The van der Waals surface area contributed by atoms with Crippen LogP contribution in [0, 0.1) is 5.92 Å². The molecule has 27 heavy (non-hydrogen) atoms. The van der Waals surface area contributed by atoms with Gasteiger partial charge in [0, 0.05) is 38.0 Å². The van der Waals surface area contributed by atoms with Crippen molar-refractivity contribution in [2.24, 2.45) is 5.92 Å².